The maximum Gasteiger partial charge on any atom is 0.334 e. The van der Waals surface area contributed by atoms with E-state index in [1.54, 1.807) is 0 Å². The van der Waals surface area contributed by atoms with Gasteiger partial charge in [-0.15, -0.1) is 47.0 Å². The molecule has 0 unspecified atom stereocenters. The summed E-state index contributed by atoms with van der Waals surface area (Å²) >= 11 is 5.82. The number of nitrogens with zero attached hydrogens (tertiary/aromatic N) is 2. The first-order valence-electron chi connectivity index (χ1n) is 18.6. The molecule has 2 aliphatic rings. The Morgan fingerprint density at radius 1 is 0.596 bits per heavy atom. The van der Waals surface area contributed by atoms with E-state index in [0.29, 0.717) is 20.6 Å². The second-order valence-electron chi connectivity index (χ2n) is 15.7. The van der Waals surface area contributed by atoms with Gasteiger partial charge in [-0.1, -0.05) is 115 Å². The molecule has 2 aliphatic carbocycles. The van der Waals surface area contributed by atoms with Crippen molar-refractivity contribution in [3.63, 3.8) is 0 Å². The van der Waals surface area contributed by atoms with Crippen molar-refractivity contribution in [1.29, 1.82) is 0 Å². The smallest absolute Gasteiger partial charge is 0.334 e. The van der Waals surface area contributed by atoms with E-state index in [1.165, 1.54) is 58.2 Å². The van der Waals surface area contributed by atoms with Gasteiger partial charge in [-0.3, -0.25) is 9.98 Å². The Bertz CT molecular complexity index is 1390. The van der Waals surface area contributed by atoms with Gasteiger partial charge in [-0.05, 0) is 84.5 Å². The number of esters is 2. The van der Waals surface area contributed by atoms with Crippen LogP contribution in [0.2, 0.25) is 0 Å². The van der Waals surface area contributed by atoms with Crippen LogP contribution in [0.1, 0.15) is 91.2 Å². The molecule has 0 aliphatic heterocycles. The Kier molecular flexibility index (Phi) is 16.2. The fourth-order valence-electron chi connectivity index (χ4n) is 8.28. The number of thioether (sulfide) groups is 4. The monoisotopic (exact) mass is 784 g/mol. The molecule has 2 aromatic carbocycles. The summed E-state index contributed by atoms with van der Waals surface area (Å²) in [4.78, 5) is 39.3. The minimum absolute atomic E-state index is 0.104. The number of benzene rings is 2. The lowest BCUT2D eigenvalue weighted by Crippen LogP contribution is -2.49. The molecule has 0 heterocycles. The van der Waals surface area contributed by atoms with E-state index >= 15 is 0 Å². The normalized spacial score (nSPS) is 25.0. The first kappa shape index (κ1) is 42.9. The van der Waals surface area contributed by atoms with Crippen molar-refractivity contribution in [2.45, 2.75) is 115 Å². The summed E-state index contributed by atoms with van der Waals surface area (Å²) in [6, 6.07) is 18.7. The van der Waals surface area contributed by atoms with E-state index in [0.717, 1.165) is 38.5 Å². The van der Waals surface area contributed by atoms with Gasteiger partial charge in [0.2, 0.25) is 0 Å². The number of ether oxygens (including phenoxy) is 2. The lowest BCUT2D eigenvalue weighted by atomic mass is 9.64. The second kappa shape index (κ2) is 19.6. The quantitative estimate of drug-likeness (QED) is 0.127. The van der Waals surface area contributed by atoms with E-state index in [1.807, 2.05) is 37.2 Å². The summed E-state index contributed by atoms with van der Waals surface area (Å²) in [6.45, 7) is 13.5. The summed E-state index contributed by atoms with van der Waals surface area (Å²) in [5.74, 6) is -0.00389. The van der Waals surface area contributed by atoms with Gasteiger partial charge in [-0.2, -0.15) is 0 Å². The Labute approximate surface area is 330 Å². The van der Waals surface area contributed by atoms with Crippen LogP contribution >= 0.6 is 47.0 Å². The van der Waals surface area contributed by atoms with Gasteiger partial charge in [0.1, 0.15) is 21.0 Å². The maximum absolute atomic E-state index is 14.7. The lowest BCUT2D eigenvalue weighted by molar-refractivity contribution is -0.166. The minimum Gasteiger partial charge on any atom is -0.460 e. The summed E-state index contributed by atoms with van der Waals surface area (Å²) < 4.78 is 14.6. The number of aliphatic imine (C=N–C) groups is 2. The van der Waals surface area contributed by atoms with Gasteiger partial charge in [-0.25, -0.2) is 9.59 Å². The fourth-order valence-corrected chi connectivity index (χ4v) is 10.5. The van der Waals surface area contributed by atoms with Crippen LogP contribution in [0.25, 0.3) is 0 Å². The van der Waals surface area contributed by atoms with Crippen LogP contribution in [0.15, 0.2) is 70.6 Å². The third kappa shape index (κ3) is 10.7. The van der Waals surface area contributed by atoms with Crippen LogP contribution in [0.4, 0.5) is 0 Å². The molecule has 286 valence electrons. The van der Waals surface area contributed by atoms with Gasteiger partial charge >= 0.3 is 11.9 Å². The molecule has 2 aromatic rings. The molecule has 8 atom stereocenters. The van der Waals surface area contributed by atoms with Crippen molar-refractivity contribution in [2.75, 3.05) is 25.0 Å². The molecular formula is C42H60N2O4S4. The summed E-state index contributed by atoms with van der Waals surface area (Å²) in [5.41, 5.74) is 1.99. The molecule has 0 spiro atoms. The second-order valence-corrected chi connectivity index (χ2v) is 19.4. The average molecular weight is 785 g/mol. The Balaban J connectivity index is 1.73. The van der Waals surface area contributed by atoms with E-state index in [2.05, 4.69) is 90.1 Å². The molecule has 4 rings (SSSR count). The average Bonchev–Trinajstić information content (AvgIpc) is 3.13. The van der Waals surface area contributed by atoms with Crippen LogP contribution in [-0.4, -0.2) is 70.0 Å². The summed E-state index contributed by atoms with van der Waals surface area (Å²) in [5, 5.41) is 0. The molecular weight excluding hydrogens is 725 g/mol. The highest BCUT2D eigenvalue weighted by atomic mass is 32.2. The van der Waals surface area contributed by atoms with Gasteiger partial charge in [0.15, 0.2) is 12.1 Å². The summed E-state index contributed by atoms with van der Waals surface area (Å²) in [6.07, 6.45) is 12.6. The van der Waals surface area contributed by atoms with Gasteiger partial charge < -0.3 is 9.47 Å². The van der Waals surface area contributed by atoms with Crippen molar-refractivity contribution < 1.29 is 19.1 Å². The highest BCUT2D eigenvalue weighted by Crippen LogP contribution is 2.45. The standard InChI is InChI=1S/C42H60N2O4S4/c1-27-21-23-31(41(3,4)29-17-13-11-14-18-29)33(25-27)47-37(45)35(43-39(49-7)50-8)36(44-40(51-9)52-10)38(46)48-34-26-28(2)22-24-32(34)42(5,6)30-19-15-12-16-20-30/h11-20,27-28,31-36H,21-26H2,1-10H3/t27-,28-,31-,32-,33-,34-,35-,36+/m1/s1. The summed E-state index contributed by atoms with van der Waals surface area (Å²) in [7, 11) is 0. The minimum atomic E-state index is -1.18. The van der Waals surface area contributed by atoms with E-state index in [-0.39, 0.29) is 34.9 Å². The third-order valence-corrected chi connectivity index (χ3v) is 15.3. The molecule has 0 radical (unpaired) electrons. The molecule has 0 aromatic heterocycles. The van der Waals surface area contributed by atoms with E-state index in [4.69, 9.17) is 19.5 Å². The predicted molar refractivity (Wildman–Crippen MR) is 228 cm³/mol. The zero-order chi connectivity index (χ0) is 38.1. The number of hydrogen-bond donors (Lipinski definition) is 0. The molecule has 0 amide bonds. The SMILES string of the molecule is CSC(=N[C@H](C(=O)O[C@@H]1C[C@H](C)CC[C@H]1C(C)(C)c1ccccc1)[C@@H](N=C(SC)SC)C(=O)O[C@@H]1C[C@H](C)CC[C@H]1C(C)(C)c1ccccc1)SC. The Morgan fingerprint density at radius 2 is 0.923 bits per heavy atom. The Morgan fingerprint density at radius 3 is 1.23 bits per heavy atom. The lowest BCUT2D eigenvalue weighted by Gasteiger charge is -2.44. The highest BCUT2D eigenvalue weighted by molar-refractivity contribution is 8.38. The zero-order valence-corrected chi connectivity index (χ0v) is 36.1. The maximum atomic E-state index is 14.7. The van der Waals surface area contributed by atoms with Crippen molar-refractivity contribution in [1.82, 2.24) is 0 Å². The molecule has 2 saturated carbocycles. The van der Waals surface area contributed by atoms with Crippen LogP contribution in [0.3, 0.4) is 0 Å². The van der Waals surface area contributed by atoms with Crippen molar-refractivity contribution >= 4 is 67.7 Å². The van der Waals surface area contributed by atoms with Crippen LogP contribution in [0.5, 0.6) is 0 Å². The number of carbonyl (C=O) groups is 2. The molecule has 2 fully saturated rings. The fraction of sp³-hybridized carbons (Fsp3) is 0.619. The number of rotatable bonds is 11. The largest absolute Gasteiger partial charge is 0.460 e. The molecule has 0 N–H and O–H groups in total. The first-order valence-corrected chi connectivity index (χ1v) is 23.5. The number of hydrogen-bond acceptors (Lipinski definition) is 10. The van der Waals surface area contributed by atoms with Gasteiger partial charge in [0.05, 0.1) is 0 Å². The van der Waals surface area contributed by atoms with E-state index in [9.17, 15) is 9.59 Å². The van der Waals surface area contributed by atoms with Crippen molar-refractivity contribution in [3.05, 3.63) is 71.8 Å². The first-order chi connectivity index (χ1) is 24.8. The predicted octanol–water partition coefficient (Wildman–Crippen LogP) is 10.5. The zero-order valence-electron chi connectivity index (χ0n) is 32.8. The topological polar surface area (TPSA) is 77.3 Å². The third-order valence-electron chi connectivity index (χ3n) is 11.5. The van der Waals surface area contributed by atoms with Crippen LogP contribution in [-0.2, 0) is 29.9 Å². The molecule has 6 nitrogen and oxygen atoms in total. The number of carbonyl (C=O) groups excluding carboxylic acids is 2. The van der Waals surface area contributed by atoms with Crippen molar-refractivity contribution in [3.8, 4) is 0 Å². The highest BCUT2D eigenvalue weighted by Gasteiger charge is 2.47. The van der Waals surface area contributed by atoms with Crippen LogP contribution < -0.4 is 0 Å². The van der Waals surface area contributed by atoms with E-state index < -0.39 is 24.0 Å². The van der Waals surface area contributed by atoms with Gasteiger partial charge in [0, 0.05) is 11.8 Å². The van der Waals surface area contributed by atoms with Crippen LogP contribution in [0, 0.1) is 23.7 Å². The molecule has 10 heteroatoms. The Hall–Kier alpha value is -1.88. The van der Waals surface area contributed by atoms with Crippen molar-refractivity contribution in [2.24, 2.45) is 33.7 Å². The van der Waals surface area contributed by atoms with Gasteiger partial charge in [0.25, 0.3) is 0 Å². The molecule has 52 heavy (non-hydrogen) atoms. The molecule has 0 saturated heterocycles. The molecule has 0 bridgehead atoms.